The highest BCUT2D eigenvalue weighted by molar-refractivity contribution is 5.88. The maximum Gasteiger partial charge on any atom is 0.259 e. The van der Waals surface area contributed by atoms with Crippen molar-refractivity contribution in [1.29, 1.82) is 0 Å². The van der Waals surface area contributed by atoms with Gasteiger partial charge in [-0.2, -0.15) is 5.10 Å². The molecule has 0 radical (unpaired) electrons. The SMILES string of the molecule is COc1ccc(OC)c(/C=N/NC(=O)CNc2ccc3ccccc3c2)c1. The number of carbonyl (C=O) groups excluding carboxylic acids is 1. The van der Waals surface area contributed by atoms with Crippen LogP contribution in [0.15, 0.2) is 65.8 Å². The number of ether oxygens (including phenoxy) is 2. The molecule has 0 saturated carbocycles. The Balaban J connectivity index is 1.57. The predicted molar refractivity (Wildman–Crippen MR) is 108 cm³/mol. The lowest BCUT2D eigenvalue weighted by atomic mass is 10.1. The molecule has 0 unspecified atom stereocenters. The fourth-order valence-electron chi connectivity index (χ4n) is 2.64. The zero-order valence-electron chi connectivity index (χ0n) is 15.2. The topological polar surface area (TPSA) is 72.0 Å². The number of hydrogen-bond acceptors (Lipinski definition) is 5. The van der Waals surface area contributed by atoms with Crippen molar-refractivity contribution >= 4 is 28.6 Å². The fraction of sp³-hybridized carbons (Fsp3) is 0.143. The third kappa shape index (κ3) is 4.76. The van der Waals surface area contributed by atoms with E-state index in [1.807, 2.05) is 42.5 Å². The number of nitrogens with zero attached hydrogens (tertiary/aromatic N) is 1. The molecular formula is C21H21N3O3. The molecule has 0 aliphatic carbocycles. The number of hydrogen-bond donors (Lipinski definition) is 2. The van der Waals surface area contributed by atoms with Crippen LogP contribution in [0.1, 0.15) is 5.56 Å². The summed E-state index contributed by atoms with van der Waals surface area (Å²) >= 11 is 0. The smallest absolute Gasteiger partial charge is 0.259 e. The van der Waals surface area contributed by atoms with Crippen LogP contribution in [0, 0.1) is 0 Å². The average molecular weight is 363 g/mol. The number of amides is 1. The molecule has 3 aromatic rings. The van der Waals surface area contributed by atoms with Crippen LogP contribution in [-0.4, -0.2) is 32.9 Å². The van der Waals surface area contributed by atoms with Crippen LogP contribution in [0.4, 0.5) is 5.69 Å². The number of nitrogens with one attached hydrogen (secondary N) is 2. The van der Waals surface area contributed by atoms with E-state index in [0.29, 0.717) is 17.1 Å². The highest BCUT2D eigenvalue weighted by atomic mass is 16.5. The van der Waals surface area contributed by atoms with Crippen molar-refractivity contribution in [2.24, 2.45) is 5.10 Å². The number of rotatable bonds is 7. The molecule has 138 valence electrons. The largest absolute Gasteiger partial charge is 0.497 e. The lowest BCUT2D eigenvalue weighted by Gasteiger charge is -2.08. The van der Waals surface area contributed by atoms with Crippen molar-refractivity contribution in [3.63, 3.8) is 0 Å². The predicted octanol–water partition coefficient (Wildman–Crippen LogP) is 3.42. The van der Waals surface area contributed by atoms with Gasteiger partial charge in [-0.15, -0.1) is 0 Å². The maximum absolute atomic E-state index is 12.0. The minimum Gasteiger partial charge on any atom is -0.497 e. The van der Waals surface area contributed by atoms with Gasteiger partial charge in [0, 0.05) is 11.3 Å². The number of hydrazone groups is 1. The van der Waals surface area contributed by atoms with E-state index in [0.717, 1.165) is 16.5 Å². The molecule has 0 aromatic heterocycles. The van der Waals surface area contributed by atoms with Gasteiger partial charge in [0.25, 0.3) is 5.91 Å². The van der Waals surface area contributed by atoms with Crippen LogP contribution in [0.5, 0.6) is 11.5 Å². The molecule has 0 heterocycles. The Morgan fingerprint density at radius 1 is 1.00 bits per heavy atom. The van der Waals surface area contributed by atoms with Gasteiger partial charge in [0.05, 0.1) is 27.0 Å². The standard InChI is InChI=1S/C21H21N3O3/c1-26-19-9-10-20(27-2)17(12-19)13-23-24-21(25)14-22-18-8-7-15-5-3-4-6-16(15)11-18/h3-13,22H,14H2,1-2H3,(H,24,25)/b23-13+. The molecule has 3 aromatic carbocycles. The summed E-state index contributed by atoms with van der Waals surface area (Å²) in [7, 11) is 3.16. The summed E-state index contributed by atoms with van der Waals surface area (Å²) in [5, 5.41) is 9.36. The van der Waals surface area contributed by atoms with Crippen LogP contribution < -0.4 is 20.2 Å². The van der Waals surface area contributed by atoms with Crippen molar-refractivity contribution in [2.75, 3.05) is 26.1 Å². The second-order valence-corrected chi connectivity index (χ2v) is 5.82. The van der Waals surface area contributed by atoms with Gasteiger partial charge in [-0.05, 0) is 41.1 Å². The first-order chi connectivity index (χ1) is 13.2. The normalized spacial score (nSPS) is 10.7. The Labute approximate surface area is 157 Å². The molecule has 0 fully saturated rings. The fourth-order valence-corrected chi connectivity index (χ4v) is 2.64. The first-order valence-corrected chi connectivity index (χ1v) is 8.46. The summed E-state index contributed by atoms with van der Waals surface area (Å²) in [5.74, 6) is 1.07. The van der Waals surface area contributed by atoms with E-state index in [1.165, 1.54) is 6.21 Å². The molecular weight excluding hydrogens is 342 g/mol. The van der Waals surface area contributed by atoms with Crippen LogP contribution in [-0.2, 0) is 4.79 Å². The molecule has 0 saturated heterocycles. The Morgan fingerprint density at radius 3 is 2.59 bits per heavy atom. The molecule has 0 aliphatic rings. The lowest BCUT2D eigenvalue weighted by molar-refractivity contribution is -0.119. The first kappa shape index (κ1) is 18.3. The summed E-state index contributed by atoms with van der Waals surface area (Å²) in [6, 6.07) is 19.4. The number of fused-ring (bicyclic) bond motifs is 1. The molecule has 0 atom stereocenters. The summed E-state index contributed by atoms with van der Waals surface area (Å²) in [6.07, 6.45) is 1.52. The Bertz CT molecular complexity index is 970. The van der Waals surface area contributed by atoms with Gasteiger partial charge in [0.15, 0.2) is 0 Å². The summed E-state index contributed by atoms with van der Waals surface area (Å²) in [5.41, 5.74) is 4.08. The van der Waals surface area contributed by atoms with E-state index in [1.54, 1.807) is 32.4 Å². The summed E-state index contributed by atoms with van der Waals surface area (Å²) in [4.78, 5) is 12.0. The van der Waals surface area contributed by atoms with Gasteiger partial charge < -0.3 is 14.8 Å². The maximum atomic E-state index is 12.0. The third-order valence-electron chi connectivity index (χ3n) is 4.03. The molecule has 0 bridgehead atoms. The van der Waals surface area contributed by atoms with Gasteiger partial charge in [-0.1, -0.05) is 30.3 Å². The minimum atomic E-state index is -0.249. The highest BCUT2D eigenvalue weighted by Crippen LogP contribution is 2.22. The van der Waals surface area contributed by atoms with Crippen molar-refractivity contribution < 1.29 is 14.3 Å². The van der Waals surface area contributed by atoms with Crippen molar-refractivity contribution in [2.45, 2.75) is 0 Å². The molecule has 27 heavy (non-hydrogen) atoms. The van der Waals surface area contributed by atoms with E-state index in [2.05, 4.69) is 15.8 Å². The summed E-state index contributed by atoms with van der Waals surface area (Å²) < 4.78 is 10.5. The van der Waals surface area contributed by atoms with Gasteiger partial charge in [0.2, 0.25) is 0 Å². The van der Waals surface area contributed by atoms with Gasteiger partial charge in [0.1, 0.15) is 11.5 Å². The van der Waals surface area contributed by atoms with E-state index in [9.17, 15) is 4.79 Å². The molecule has 0 spiro atoms. The van der Waals surface area contributed by atoms with Crippen molar-refractivity contribution in [3.05, 3.63) is 66.2 Å². The highest BCUT2D eigenvalue weighted by Gasteiger charge is 2.04. The Hall–Kier alpha value is -3.54. The quantitative estimate of drug-likeness (QED) is 0.498. The van der Waals surface area contributed by atoms with Crippen molar-refractivity contribution in [3.8, 4) is 11.5 Å². The van der Waals surface area contributed by atoms with E-state index >= 15 is 0 Å². The second-order valence-electron chi connectivity index (χ2n) is 5.82. The second kappa shape index (κ2) is 8.71. The van der Waals surface area contributed by atoms with Gasteiger partial charge >= 0.3 is 0 Å². The number of anilines is 1. The van der Waals surface area contributed by atoms with E-state index in [-0.39, 0.29) is 12.5 Å². The van der Waals surface area contributed by atoms with E-state index < -0.39 is 0 Å². The van der Waals surface area contributed by atoms with Crippen LogP contribution in [0.3, 0.4) is 0 Å². The molecule has 6 heteroatoms. The molecule has 6 nitrogen and oxygen atoms in total. The zero-order valence-corrected chi connectivity index (χ0v) is 15.2. The summed E-state index contributed by atoms with van der Waals surface area (Å²) in [6.45, 7) is 0.116. The Morgan fingerprint density at radius 2 is 1.81 bits per heavy atom. The van der Waals surface area contributed by atoms with Gasteiger partial charge in [-0.3, -0.25) is 4.79 Å². The molecule has 2 N–H and O–H groups in total. The molecule has 0 aliphatic heterocycles. The monoisotopic (exact) mass is 363 g/mol. The molecule has 1 amide bonds. The van der Waals surface area contributed by atoms with Crippen LogP contribution >= 0.6 is 0 Å². The minimum absolute atomic E-state index is 0.116. The van der Waals surface area contributed by atoms with Crippen LogP contribution in [0.2, 0.25) is 0 Å². The average Bonchev–Trinajstić information content (AvgIpc) is 2.72. The van der Waals surface area contributed by atoms with E-state index in [4.69, 9.17) is 9.47 Å². The molecule has 3 rings (SSSR count). The van der Waals surface area contributed by atoms with Gasteiger partial charge in [-0.25, -0.2) is 5.43 Å². The first-order valence-electron chi connectivity index (χ1n) is 8.46. The van der Waals surface area contributed by atoms with Crippen LogP contribution in [0.25, 0.3) is 10.8 Å². The number of carbonyl (C=O) groups is 1. The number of benzene rings is 3. The van der Waals surface area contributed by atoms with Crippen molar-refractivity contribution in [1.82, 2.24) is 5.43 Å². The lowest BCUT2D eigenvalue weighted by Crippen LogP contribution is -2.25. The number of methoxy groups -OCH3 is 2. The third-order valence-corrected chi connectivity index (χ3v) is 4.03. The Kier molecular flexibility index (Phi) is 5.89. The zero-order chi connectivity index (χ0) is 19.1.